The maximum Gasteiger partial charge on any atom is 0.244 e. The number of hydrogen-bond donors (Lipinski definition) is 1. The Kier molecular flexibility index (Phi) is 8.87. The molecule has 180 valence electrons. The SMILES string of the molecule is CCNC(=O)[C@H](C)N(Cc1ccccc1C)C(=O)CN(c1cc(C)ccc1OC)S(C)(=O)=O. The molecule has 0 aliphatic carbocycles. The highest BCUT2D eigenvalue weighted by molar-refractivity contribution is 7.92. The highest BCUT2D eigenvalue weighted by Gasteiger charge is 2.31. The van der Waals surface area contributed by atoms with Crippen LogP contribution in [-0.2, 0) is 26.2 Å². The van der Waals surface area contributed by atoms with Crippen molar-refractivity contribution in [3.05, 3.63) is 59.2 Å². The molecular formula is C24H33N3O5S. The van der Waals surface area contributed by atoms with E-state index < -0.39 is 28.5 Å². The van der Waals surface area contributed by atoms with E-state index in [0.717, 1.165) is 27.3 Å². The fourth-order valence-corrected chi connectivity index (χ4v) is 4.31. The van der Waals surface area contributed by atoms with Crippen LogP contribution >= 0.6 is 0 Å². The average Bonchev–Trinajstić information content (AvgIpc) is 2.75. The first-order valence-electron chi connectivity index (χ1n) is 10.7. The van der Waals surface area contributed by atoms with Gasteiger partial charge in [-0.3, -0.25) is 13.9 Å². The zero-order chi connectivity index (χ0) is 24.8. The lowest BCUT2D eigenvalue weighted by Gasteiger charge is -2.32. The van der Waals surface area contributed by atoms with E-state index in [-0.39, 0.29) is 18.1 Å². The van der Waals surface area contributed by atoms with Crippen LogP contribution in [0.15, 0.2) is 42.5 Å². The monoisotopic (exact) mass is 475 g/mol. The molecule has 2 aromatic carbocycles. The number of nitrogens with one attached hydrogen (secondary N) is 1. The van der Waals surface area contributed by atoms with Gasteiger partial charge in [0.15, 0.2) is 0 Å². The number of anilines is 1. The Bertz CT molecular complexity index is 1100. The van der Waals surface area contributed by atoms with E-state index in [1.54, 1.807) is 32.0 Å². The van der Waals surface area contributed by atoms with Crippen molar-refractivity contribution in [1.82, 2.24) is 10.2 Å². The smallest absolute Gasteiger partial charge is 0.244 e. The molecule has 8 nitrogen and oxygen atoms in total. The number of rotatable bonds is 10. The van der Waals surface area contributed by atoms with Gasteiger partial charge in [-0.15, -0.1) is 0 Å². The molecule has 0 aliphatic rings. The van der Waals surface area contributed by atoms with Crippen LogP contribution in [0, 0.1) is 13.8 Å². The summed E-state index contributed by atoms with van der Waals surface area (Å²) in [5.41, 5.74) is 2.94. The number of sulfonamides is 1. The van der Waals surface area contributed by atoms with Crippen molar-refractivity contribution in [2.45, 2.75) is 40.3 Å². The summed E-state index contributed by atoms with van der Waals surface area (Å²) in [6, 6.07) is 11.9. The Hall–Kier alpha value is -3.07. The zero-order valence-corrected chi connectivity index (χ0v) is 20.9. The number of methoxy groups -OCH3 is 1. The Morgan fingerprint density at radius 1 is 1.12 bits per heavy atom. The van der Waals surface area contributed by atoms with E-state index in [1.165, 1.54) is 12.0 Å². The lowest BCUT2D eigenvalue weighted by Crippen LogP contribution is -2.51. The van der Waals surface area contributed by atoms with Gasteiger partial charge in [-0.05, 0) is 56.5 Å². The number of amides is 2. The van der Waals surface area contributed by atoms with Crippen molar-refractivity contribution in [1.29, 1.82) is 0 Å². The number of carbonyl (C=O) groups is 2. The fraction of sp³-hybridized carbons (Fsp3) is 0.417. The van der Waals surface area contributed by atoms with E-state index >= 15 is 0 Å². The summed E-state index contributed by atoms with van der Waals surface area (Å²) in [5, 5.41) is 2.74. The van der Waals surface area contributed by atoms with Gasteiger partial charge in [0.25, 0.3) is 0 Å². The maximum atomic E-state index is 13.5. The Morgan fingerprint density at radius 2 is 1.79 bits per heavy atom. The molecule has 2 aromatic rings. The first-order valence-corrected chi connectivity index (χ1v) is 12.6. The summed E-state index contributed by atoms with van der Waals surface area (Å²) in [5.74, 6) is -0.467. The normalized spacial score (nSPS) is 12.1. The minimum Gasteiger partial charge on any atom is -0.495 e. The molecule has 0 spiro atoms. The van der Waals surface area contributed by atoms with E-state index in [2.05, 4.69) is 5.32 Å². The van der Waals surface area contributed by atoms with Crippen molar-refractivity contribution in [3.8, 4) is 5.75 Å². The molecule has 0 aromatic heterocycles. The van der Waals surface area contributed by atoms with E-state index in [9.17, 15) is 18.0 Å². The maximum absolute atomic E-state index is 13.5. The summed E-state index contributed by atoms with van der Waals surface area (Å²) in [7, 11) is -2.39. The van der Waals surface area contributed by atoms with Crippen molar-refractivity contribution in [3.63, 3.8) is 0 Å². The highest BCUT2D eigenvalue weighted by atomic mass is 32.2. The first-order chi connectivity index (χ1) is 15.5. The van der Waals surface area contributed by atoms with Gasteiger partial charge in [0.1, 0.15) is 18.3 Å². The Labute approximate surface area is 196 Å². The quantitative estimate of drug-likeness (QED) is 0.570. The molecule has 0 saturated carbocycles. The molecule has 1 atom stereocenters. The number of nitrogens with zero attached hydrogens (tertiary/aromatic N) is 2. The second kappa shape index (κ2) is 11.2. The molecule has 0 aliphatic heterocycles. The van der Waals surface area contributed by atoms with Gasteiger partial charge in [0.2, 0.25) is 21.8 Å². The molecule has 1 N–H and O–H groups in total. The lowest BCUT2D eigenvalue weighted by molar-refractivity contribution is -0.139. The Morgan fingerprint density at radius 3 is 2.36 bits per heavy atom. The van der Waals surface area contributed by atoms with Gasteiger partial charge < -0.3 is 15.0 Å². The molecule has 33 heavy (non-hydrogen) atoms. The standard InChI is InChI=1S/C24H33N3O5S/c1-7-25-24(29)19(4)26(15-20-11-9-8-10-18(20)3)23(28)16-27(33(6,30)31)21-14-17(2)12-13-22(21)32-5/h8-14,19H,7,15-16H2,1-6H3,(H,25,29)/t19-/m0/s1. The van der Waals surface area contributed by atoms with Crippen LogP contribution in [0.3, 0.4) is 0 Å². The molecule has 0 radical (unpaired) electrons. The van der Waals surface area contributed by atoms with Gasteiger partial charge in [0, 0.05) is 13.1 Å². The summed E-state index contributed by atoms with van der Waals surface area (Å²) in [6.45, 7) is 7.32. The Balaban J connectivity index is 2.47. The highest BCUT2D eigenvalue weighted by Crippen LogP contribution is 2.31. The van der Waals surface area contributed by atoms with Crippen LogP contribution in [0.1, 0.15) is 30.5 Å². The van der Waals surface area contributed by atoms with Crippen LogP contribution in [0.25, 0.3) is 0 Å². The predicted molar refractivity (Wildman–Crippen MR) is 130 cm³/mol. The minimum atomic E-state index is -3.83. The molecule has 2 rings (SSSR count). The third kappa shape index (κ3) is 6.71. The summed E-state index contributed by atoms with van der Waals surface area (Å²) < 4.78 is 31.8. The van der Waals surface area contributed by atoms with Crippen LogP contribution < -0.4 is 14.4 Å². The van der Waals surface area contributed by atoms with Crippen molar-refractivity contribution < 1.29 is 22.7 Å². The van der Waals surface area contributed by atoms with Gasteiger partial charge in [0.05, 0.1) is 19.1 Å². The topological polar surface area (TPSA) is 96.0 Å². The van der Waals surface area contributed by atoms with Gasteiger partial charge >= 0.3 is 0 Å². The lowest BCUT2D eigenvalue weighted by atomic mass is 10.1. The zero-order valence-electron chi connectivity index (χ0n) is 20.1. The van der Waals surface area contributed by atoms with Crippen molar-refractivity contribution in [2.75, 3.05) is 30.8 Å². The summed E-state index contributed by atoms with van der Waals surface area (Å²) in [6.07, 6.45) is 1.04. The third-order valence-corrected chi connectivity index (χ3v) is 6.53. The van der Waals surface area contributed by atoms with Crippen molar-refractivity contribution in [2.24, 2.45) is 0 Å². The van der Waals surface area contributed by atoms with E-state index in [1.807, 2.05) is 38.1 Å². The summed E-state index contributed by atoms with van der Waals surface area (Å²) in [4.78, 5) is 27.5. The van der Waals surface area contributed by atoms with E-state index in [0.29, 0.717) is 12.3 Å². The van der Waals surface area contributed by atoms with E-state index in [4.69, 9.17) is 4.74 Å². The molecule has 0 saturated heterocycles. The number of benzene rings is 2. The number of aryl methyl sites for hydroxylation is 2. The molecule has 0 fully saturated rings. The number of likely N-dealkylation sites (N-methyl/N-ethyl adjacent to an activating group) is 1. The molecule has 0 heterocycles. The molecule has 9 heteroatoms. The van der Waals surface area contributed by atoms with Crippen LogP contribution in [0.2, 0.25) is 0 Å². The van der Waals surface area contributed by atoms with Crippen molar-refractivity contribution >= 4 is 27.5 Å². The second-order valence-corrected chi connectivity index (χ2v) is 9.87. The predicted octanol–water partition coefficient (Wildman–Crippen LogP) is 2.63. The van der Waals surface area contributed by atoms with Gasteiger partial charge in [-0.1, -0.05) is 30.3 Å². The minimum absolute atomic E-state index is 0.173. The molecule has 2 amide bonds. The van der Waals surface area contributed by atoms with Crippen LogP contribution in [-0.4, -0.2) is 57.6 Å². The second-order valence-electron chi connectivity index (χ2n) is 7.96. The molecule has 0 unspecified atom stereocenters. The van der Waals surface area contributed by atoms with Crippen LogP contribution in [0.5, 0.6) is 5.75 Å². The fourth-order valence-electron chi connectivity index (χ4n) is 3.47. The van der Waals surface area contributed by atoms with Crippen LogP contribution in [0.4, 0.5) is 5.69 Å². The average molecular weight is 476 g/mol. The third-order valence-electron chi connectivity index (χ3n) is 5.40. The first kappa shape index (κ1) is 26.2. The number of ether oxygens (including phenoxy) is 1. The largest absolute Gasteiger partial charge is 0.495 e. The van der Waals surface area contributed by atoms with Gasteiger partial charge in [-0.2, -0.15) is 0 Å². The molecular weight excluding hydrogens is 442 g/mol. The molecule has 0 bridgehead atoms. The summed E-state index contributed by atoms with van der Waals surface area (Å²) >= 11 is 0. The number of hydrogen-bond acceptors (Lipinski definition) is 5. The van der Waals surface area contributed by atoms with Gasteiger partial charge in [-0.25, -0.2) is 8.42 Å². The number of carbonyl (C=O) groups excluding carboxylic acids is 2.